The van der Waals surface area contributed by atoms with Gasteiger partial charge in [-0.05, 0) is 33.4 Å². The minimum atomic E-state index is -0.0183. The minimum absolute atomic E-state index is 0.0183. The first-order valence-corrected chi connectivity index (χ1v) is 6.66. The van der Waals surface area contributed by atoms with Crippen LogP contribution < -0.4 is 10.5 Å². The van der Waals surface area contributed by atoms with Crippen molar-refractivity contribution in [2.75, 3.05) is 32.1 Å². The number of nitrogens with one attached hydrogen (secondary N) is 1. The Morgan fingerprint density at radius 1 is 1.39 bits per heavy atom. The Kier molecular flexibility index (Phi) is 2.86. The molecule has 1 unspecified atom stereocenters. The van der Waals surface area contributed by atoms with Crippen molar-refractivity contribution in [2.24, 2.45) is 0 Å². The molecule has 0 aromatic carbocycles. The molecule has 5 heteroatoms. The summed E-state index contributed by atoms with van der Waals surface area (Å²) in [5.41, 5.74) is -0.0183. The van der Waals surface area contributed by atoms with Crippen molar-refractivity contribution in [1.82, 2.24) is 14.9 Å². The Labute approximate surface area is 107 Å². The molecule has 1 aromatic rings. The summed E-state index contributed by atoms with van der Waals surface area (Å²) in [6, 6.07) is 2.19. The molecule has 1 aliphatic carbocycles. The molecular weight excluding hydrogens is 228 g/mol. The highest BCUT2D eigenvalue weighted by Gasteiger charge is 2.29. The Bertz CT molecular complexity index is 492. The highest BCUT2D eigenvalue weighted by atomic mass is 16.1. The van der Waals surface area contributed by atoms with Crippen molar-refractivity contribution < 1.29 is 0 Å². The summed E-state index contributed by atoms with van der Waals surface area (Å²) in [6.45, 7) is 1.96. The van der Waals surface area contributed by atoms with Gasteiger partial charge >= 0.3 is 0 Å². The van der Waals surface area contributed by atoms with E-state index >= 15 is 0 Å². The second-order valence-electron chi connectivity index (χ2n) is 5.62. The molecule has 0 amide bonds. The summed E-state index contributed by atoms with van der Waals surface area (Å²) >= 11 is 0. The fourth-order valence-electron chi connectivity index (χ4n) is 2.55. The van der Waals surface area contributed by atoms with E-state index in [9.17, 15) is 4.79 Å². The van der Waals surface area contributed by atoms with E-state index in [2.05, 4.69) is 33.9 Å². The molecule has 18 heavy (non-hydrogen) atoms. The summed E-state index contributed by atoms with van der Waals surface area (Å²) in [4.78, 5) is 23.6. The molecule has 2 aliphatic rings. The number of likely N-dealkylation sites (N-methyl/N-ethyl adjacent to an activating group) is 1. The summed E-state index contributed by atoms with van der Waals surface area (Å²) in [7, 11) is 4.21. The van der Waals surface area contributed by atoms with E-state index in [0.717, 1.165) is 44.0 Å². The maximum atomic E-state index is 11.7. The largest absolute Gasteiger partial charge is 0.355 e. The van der Waals surface area contributed by atoms with Crippen LogP contribution in [0.25, 0.3) is 0 Å². The average molecular weight is 248 g/mol. The van der Waals surface area contributed by atoms with Gasteiger partial charge in [-0.2, -0.15) is 0 Å². The molecule has 5 nitrogen and oxygen atoms in total. The zero-order chi connectivity index (χ0) is 12.7. The van der Waals surface area contributed by atoms with E-state index in [1.165, 1.54) is 0 Å². The lowest BCUT2D eigenvalue weighted by molar-refractivity contribution is 0.315. The zero-order valence-corrected chi connectivity index (χ0v) is 11.0. The third-order valence-electron chi connectivity index (χ3n) is 3.93. The molecule has 1 saturated carbocycles. The second-order valence-corrected chi connectivity index (χ2v) is 5.62. The van der Waals surface area contributed by atoms with Crippen molar-refractivity contribution in [3.8, 4) is 0 Å². The smallest absolute Gasteiger partial charge is 0.252 e. The van der Waals surface area contributed by atoms with Crippen molar-refractivity contribution in [3.63, 3.8) is 0 Å². The monoisotopic (exact) mass is 248 g/mol. The summed E-state index contributed by atoms with van der Waals surface area (Å²) in [5.74, 6) is 2.22. The van der Waals surface area contributed by atoms with E-state index in [-0.39, 0.29) is 5.56 Å². The van der Waals surface area contributed by atoms with Gasteiger partial charge in [0.05, 0.1) is 0 Å². The van der Waals surface area contributed by atoms with Crippen LogP contribution in [0.15, 0.2) is 10.9 Å². The quantitative estimate of drug-likeness (QED) is 0.859. The van der Waals surface area contributed by atoms with Gasteiger partial charge in [0, 0.05) is 31.1 Å². The molecule has 1 saturated heterocycles. The molecule has 98 valence electrons. The van der Waals surface area contributed by atoms with Crippen LogP contribution in [0.1, 0.15) is 31.0 Å². The SMILES string of the molecule is CN(C)C1CCN(c2cc(=O)[nH]c(C3CC3)n2)C1. The third kappa shape index (κ3) is 2.27. The first-order chi connectivity index (χ1) is 8.63. The number of nitrogens with zero attached hydrogens (tertiary/aromatic N) is 3. The van der Waals surface area contributed by atoms with Crippen LogP contribution >= 0.6 is 0 Å². The molecule has 0 radical (unpaired) electrons. The lowest BCUT2D eigenvalue weighted by Gasteiger charge is -2.21. The van der Waals surface area contributed by atoms with Crippen molar-refractivity contribution in [1.29, 1.82) is 0 Å². The fraction of sp³-hybridized carbons (Fsp3) is 0.692. The Hall–Kier alpha value is -1.36. The minimum Gasteiger partial charge on any atom is -0.355 e. The van der Waals surface area contributed by atoms with Gasteiger partial charge in [-0.3, -0.25) is 4.79 Å². The van der Waals surface area contributed by atoms with Gasteiger partial charge in [-0.1, -0.05) is 0 Å². The maximum absolute atomic E-state index is 11.7. The van der Waals surface area contributed by atoms with Gasteiger partial charge in [-0.25, -0.2) is 4.98 Å². The fourth-order valence-corrected chi connectivity index (χ4v) is 2.55. The molecule has 2 heterocycles. The summed E-state index contributed by atoms with van der Waals surface area (Å²) in [5, 5.41) is 0. The first-order valence-electron chi connectivity index (χ1n) is 6.66. The van der Waals surface area contributed by atoms with E-state index in [1.807, 2.05) is 0 Å². The number of rotatable bonds is 3. The number of anilines is 1. The van der Waals surface area contributed by atoms with Crippen molar-refractivity contribution in [2.45, 2.75) is 31.2 Å². The lowest BCUT2D eigenvalue weighted by Crippen LogP contribution is -2.32. The van der Waals surface area contributed by atoms with Crippen LogP contribution in [0.4, 0.5) is 5.82 Å². The maximum Gasteiger partial charge on any atom is 0.252 e. The van der Waals surface area contributed by atoms with Gasteiger partial charge < -0.3 is 14.8 Å². The van der Waals surface area contributed by atoms with E-state index < -0.39 is 0 Å². The predicted octanol–water partition coefficient (Wildman–Crippen LogP) is 0.788. The highest BCUT2D eigenvalue weighted by molar-refractivity contribution is 5.40. The lowest BCUT2D eigenvalue weighted by atomic mass is 10.2. The number of aromatic nitrogens is 2. The number of H-pyrrole nitrogens is 1. The van der Waals surface area contributed by atoms with Gasteiger partial charge in [0.15, 0.2) is 0 Å². The van der Waals surface area contributed by atoms with Crippen LogP contribution in [-0.4, -0.2) is 48.1 Å². The normalized spacial score (nSPS) is 23.9. The zero-order valence-electron chi connectivity index (χ0n) is 11.0. The Balaban J connectivity index is 1.82. The van der Waals surface area contributed by atoms with Gasteiger partial charge in [0.25, 0.3) is 5.56 Å². The molecule has 1 aromatic heterocycles. The molecule has 1 atom stereocenters. The van der Waals surface area contributed by atoms with Gasteiger partial charge in [0.2, 0.25) is 0 Å². The van der Waals surface area contributed by atoms with Crippen molar-refractivity contribution in [3.05, 3.63) is 22.2 Å². The average Bonchev–Trinajstić information content (AvgIpc) is 3.05. The first kappa shape index (κ1) is 11.7. The molecule has 0 spiro atoms. The summed E-state index contributed by atoms with van der Waals surface area (Å²) in [6.07, 6.45) is 3.46. The molecular formula is C13H20N4O. The third-order valence-corrected chi connectivity index (χ3v) is 3.93. The van der Waals surface area contributed by atoms with Gasteiger partial charge in [-0.15, -0.1) is 0 Å². The van der Waals surface area contributed by atoms with Crippen molar-refractivity contribution >= 4 is 5.82 Å². The second kappa shape index (κ2) is 4.39. The topological polar surface area (TPSA) is 52.2 Å². The van der Waals surface area contributed by atoms with Crippen LogP contribution in [0, 0.1) is 0 Å². The number of aromatic amines is 1. The molecule has 2 fully saturated rings. The Morgan fingerprint density at radius 3 is 2.78 bits per heavy atom. The summed E-state index contributed by atoms with van der Waals surface area (Å²) < 4.78 is 0. The van der Waals surface area contributed by atoms with Crippen LogP contribution in [0.3, 0.4) is 0 Å². The van der Waals surface area contributed by atoms with E-state index in [0.29, 0.717) is 12.0 Å². The molecule has 0 bridgehead atoms. The predicted molar refractivity (Wildman–Crippen MR) is 71.1 cm³/mol. The Morgan fingerprint density at radius 2 is 2.17 bits per heavy atom. The number of hydrogen-bond acceptors (Lipinski definition) is 4. The molecule has 1 N–H and O–H groups in total. The van der Waals surface area contributed by atoms with Crippen LogP contribution in [0.2, 0.25) is 0 Å². The highest BCUT2D eigenvalue weighted by Crippen LogP contribution is 2.38. The van der Waals surface area contributed by atoms with Crippen LogP contribution in [0.5, 0.6) is 0 Å². The standard InChI is InChI=1S/C13H20N4O/c1-16(2)10-5-6-17(8-10)11-7-12(18)15-13(14-11)9-3-4-9/h7,9-10H,3-6,8H2,1-2H3,(H,14,15,18). The molecule has 1 aliphatic heterocycles. The van der Waals surface area contributed by atoms with Gasteiger partial charge in [0.1, 0.15) is 11.6 Å². The van der Waals surface area contributed by atoms with E-state index in [1.54, 1.807) is 6.07 Å². The number of hydrogen-bond donors (Lipinski definition) is 1. The van der Waals surface area contributed by atoms with Crippen LogP contribution in [-0.2, 0) is 0 Å². The van der Waals surface area contributed by atoms with E-state index in [4.69, 9.17) is 0 Å². The molecule has 3 rings (SSSR count).